The van der Waals surface area contributed by atoms with Crippen LogP contribution in [0.1, 0.15) is 19.3 Å². The van der Waals surface area contributed by atoms with E-state index in [1.807, 2.05) is 36.4 Å². The summed E-state index contributed by atoms with van der Waals surface area (Å²) in [5.41, 5.74) is 1.46. The molecule has 2 unspecified atom stereocenters. The molecule has 1 N–H and O–H groups in total. The lowest BCUT2D eigenvalue weighted by Gasteiger charge is -2.33. The molecule has 3 heterocycles. The first-order valence-electron chi connectivity index (χ1n) is 11.4. The van der Waals surface area contributed by atoms with E-state index in [2.05, 4.69) is 5.32 Å². The van der Waals surface area contributed by atoms with E-state index in [1.54, 1.807) is 21.9 Å². The molecule has 8 heteroatoms. The quantitative estimate of drug-likeness (QED) is 0.776. The van der Waals surface area contributed by atoms with Gasteiger partial charge in [-0.2, -0.15) is 0 Å². The van der Waals surface area contributed by atoms with Crippen molar-refractivity contribution >= 4 is 29.1 Å². The summed E-state index contributed by atoms with van der Waals surface area (Å²) in [4.78, 5) is 42.1. The topological polar surface area (TPSA) is 88.2 Å². The fourth-order valence-corrected chi connectivity index (χ4v) is 4.74. The van der Waals surface area contributed by atoms with E-state index < -0.39 is 5.92 Å². The number of fused-ring (bicyclic) bond motifs is 1. The zero-order valence-corrected chi connectivity index (χ0v) is 18.4. The highest BCUT2D eigenvalue weighted by Gasteiger charge is 2.39. The summed E-state index contributed by atoms with van der Waals surface area (Å²) in [7, 11) is 0. The van der Waals surface area contributed by atoms with Crippen LogP contribution < -0.4 is 19.7 Å². The molecule has 2 atom stereocenters. The van der Waals surface area contributed by atoms with Crippen LogP contribution in [0.25, 0.3) is 0 Å². The highest BCUT2D eigenvalue weighted by atomic mass is 16.6. The number of anilines is 2. The van der Waals surface area contributed by atoms with Crippen molar-refractivity contribution < 1.29 is 23.9 Å². The third-order valence-electron chi connectivity index (χ3n) is 6.46. The van der Waals surface area contributed by atoms with Crippen molar-refractivity contribution in [3.05, 3.63) is 48.5 Å². The zero-order valence-electron chi connectivity index (χ0n) is 18.4. The maximum atomic E-state index is 13.3. The molecular weight excluding hydrogens is 422 g/mol. The van der Waals surface area contributed by atoms with Gasteiger partial charge in [0.1, 0.15) is 13.2 Å². The van der Waals surface area contributed by atoms with E-state index in [-0.39, 0.29) is 30.1 Å². The van der Waals surface area contributed by atoms with Crippen molar-refractivity contribution in [3.8, 4) is 11.5 Å². The summed E-state index contributed by atoms with van der Waals surface area (Å²) < 4.78 is 11.2. The fraction of sp³-hybridized carbons (Fsp3) is 0.400. The molecule has 2 saturated heterocycles. The van der Waals surface area contributed by atoms with E-state index in [4.69, 9.17) is 9.47 Å². The number of ether oxygens (including phenoxy) is 2. The summed E-state index contributed by atoms with van der Waals surface area (Å²) >= 11 is 0. The average Bonchev–Trinajstić information content (AvgIpc) is 3.25. The van der Waals surface area contributed by atoms with Crippen LogP contribution in [0.5, 0.6) is 11.5 Å². The SMILES string of the molecule is O=C(Nc1ccccc1)C1CCCN(C(=O)C2CC(=O)N(c3ccc4c(c3)OCCO4)C2)C1. The molecular formula is C25H27N3O5. The second kappa shape index (κ2) is 9.13. The molecule has 8 nitrogen and oxygen atoms in total. The molecule has 2 aromatic rings. The lowest BCUT2D eigenvalue weighted by molar-refractivity contribution is -0.138. The van der Waals surface area contributed by atoms with E-state index in [9.17, 15) is 14.4 Å². The Balaban J connectivity index is 1.22. The first-order valence-corrected chi connectivity index (χ1v) is 11.4. The number of benzene rings is 2. The van der Waals surface area contributed by atoms with Crippen molar-refractivity contribution in [2.75, 3.05) is 43.1 Å². The zero-order chi connectivity index (χ0) is 22.8. The van der Waals surface area contributed by atoms with Gasteiger partial charge in [-0.25, -0.2) is 0 Å². The number of carbonyl (C=O) groups is 3. The third-order valence-corrected chi connectivity index (χ3v) is 6.46. The molecule has 0 bridgehead atoms. The first kappa shape index (κ1) is 21.3. The Bertz CT molecular complexity index is 1060. The van der Waals surface area contributed by atoms with Crippen molar-refractivity contribution in [1.82, 2.24) is 4.90 Å². The Morgan fingerprint density at radius 3 is 2.55 bits per heavy atom. The normalized spacial score (nSPS) is 22.2. The van der Waals surface area contributed by atoms with Crippen LogP contribution in [-0.2, 0) is 14.4 Å². The predicted octanol–water partition coefficient (Wildman–Crippen LogP) is 2.69. The molecule has 172 valence electrons. The van der Waals surface area contributed by atoms with E-state index in [1.165, 1.54) is 0 Å². The molecule has 0 aromatic heterocycles. The molecule has 3 aliphatic heterocycles. The van der Waals surface area contributed by atoms with Crippen molar-refractivity contribution in [2.24, 2.45) is 11.8 Å². The minimum Gasteiger partial charge on any atom is -0.486 e. The molecule has 0 spiro atoms. The highest BCUT2D eigenvalue weighted by molar-refractivity contribution is 6.00. The number of piperidine rings is 1. The summed E-state index contributed by atoms with van der Waals surface area (Å²) in [5, 5.41) is 2.94. The van der Waals surface area contributed by atoms with Crippen LogP contribution in [0.2, 0.25) is 0 Å². The molecule has 0 saturated carbocycles. The number of hydrogen-bond donors (Lipinski definition) is 1. The van der Waals surface area contributed by atoms with Crippen LogP contribution in [0.4, 0.5) is 11.4 Å². The average molecular weight is 450 g/mol. The second-order valence-electron chi connectivity index (χ2n) is 8.71. The maximum absolute atomic E-state index is 13.3. The number of amides is 3. The molecule has 0 aliphatic carbocycles. The number of rotatable bonds is 4. The van der Waals surface area contributed by atoms with E-state index in [0.29, 0.717) is 50.0 Å². The van der Waals surface area contributed by atoms with Gasteiger partial charge >= 0.3 is 0 Å². The third kappa shape index (κ3) is 4.51. The Kier molecular flexibility index (Phi) is 5.90. The number of nitrogens with one attached hydrogen (secondary N) is 1. The second-order valence-corrected chi connectivity index (χ2v) is 8.71. The van der Waals surface area contributed by atoms with Gasteiger partial charge in [-0.05, 0) is 37.1 Å². The summed E-state index contributed by atoms with van der Waals surface area (Å²) in [6.07, 6.45) is 1.69. The van der Waals surface area contributed by atoms with Gasteiger partial charge in [-0.15, -0.1) is 0 Å². The van der Waals surface area contributed by atoms with Crippen molar-refractivity contribution in [3.63, 3.8) is 0 Å². The summed E-state index contributed by atoms with van der Waals surface area (Å²) in [5.74, 6) is 0.401. The first-order chi connectivity index (χ1) is 16.1. The van der Waals surface area contributed by atoms with Gasteiger partial charge in [-0.3, -0.25) is 14.4 Å². The monoisotopic (exact) mass is 449 g/mol. The summed E-state index contributed by atoms with van der Waals surface area (Å²) in [6, 6.07) is 14.8. The largest absolute Gasteiger partial charge is 0.486 e. The van der Waals surface area contributed by atoms with Crippen molar-refractivity contribution in [1.29, 1.82) is 0 Å². The Labute approximate surface area is 192 Å². The van der Waals surface area contributed by atoms with Gasteiger partial charge in [0, 0.05) is 43.5 Å². The molecule has 2 aromatic carbocycles. The van der Waals surface area contributed by atoms with Crippen LogP contribution in [0, 0.1) is 11.8 Å². The minimum atomic E-state index is -0.415. The minimum absolute atomic E-state index is 0.0550. The van der Waals surface area contributed by atoms with Crippen LogP contribution in [0.3, 0.4) is 0 Å². The van der Waals surface area contributed by atoms with Gasteiger partial charge in [0.15, 0.2) is 11.5 Å². The smallest absolute Gasteiger partial charge is 0.229 e. The lowest BCUT2D eigenvalue weighted by Crippen LogP contribution is -2.46. The van der Waals surface area contributed by atoms with Crippen LogP contribution in [0.15, 0.2) is 48.5 Å². The van der Waals surface area contributed by atoms with E-state index >= 15 is 0 Å². The molecule has 2 fully saturated rings. The molecule has 3 amide bonds. The van der Waals surface area contributed by atoms with Gasteiger partial charge in [0.05, 0.1) is 11.8 Å². The standard InChI is InChI=1S/C25H27N3O5/c29-23-13-18(16-28(23)20-8-9-21-22(14-20)33-12-11-32-21)25(31)27-10-4-5-17(15-27)24(30)26-19-6-2-1-3-7-19/h1-3,6-9,14,17-18H,4-5,10-13,15-16H2,(H,26,30). The summed E-state index contributed by atoms with van der Waals surface area (Å²) in [6.45, 7) is 2.30. The molecule has 0 radical (unpaired) electrons. The van der Waals surface area contributed by atoms with Crippen LogP contribution in [-0.4, -0.2) is 55.5 Å². The maximum Gasteiger partial charge on any atom is 0.229 e. The van der Waals surface area contributed by atoms with Gasteiger partial charge < -0.3 is 24.6 Å². The lowest BCUT2D eigenvalue weighted by atomic mass is 9.95. The Hall–Kier alpha value is -3.55. The molecule has 3 aliphatic rings. The Morgan fingerprint density at radius 2 is 1.73 bits per heavy atom. The number of likely N-dealkylation sites (tertiary alicyclic amines) is 1. The van der Waals surface area contributed by atoms with Gasteiger partial charge in [0.2, 0.25) is 17.7 Å². The van der Waals surface area contributed by atoms with Gasteiger partial charge in [-0.1, -0.05) is 18.2 Å². The Morgan fingerprint density at radius 1 is 0.939 bits per heavy atom. The highest BCUT2D eigenvalue weighted by Crippen LogP contribution is 2.36. The number of nitrogens with zero attached hydrogens (tertiary/aromatic N) is 2. The van der Waals surface area contributed by atoms with E-state index in [0.717, 1.165) is 18.5 Å². The van der Waals surface area contributed by atoms with Gasteiger partial charge in [0.25, 0.3) is 0 Å². The van der Waals surface area contributed by atoms with Crippen molar-refractivity contribution in [2.45, 2.75) is 19.3 Å². The number of hydrogen-bond acceptors (Lipinski definition) is 5. The molecule has 5 rings (SSSR count). The number of carbonyl (C=O) groups excluding carboxylic acids is 3. The van der Waals surface area contributed by atoms with Crippen LogP contribution >= 0.6 is 0 Å². The predicted molar refractivity (Wildman–Crippen MR) is 122 cm³/mol. The number of para-hydroxylation sites is 1. The fourth-order valence-electron chi connectivity index (χ4n) is 4.74. The molecule has 33 heavy (non-hydrogen) atoms.